The third kappa shape index (κ3) is 1.84. The largest absolute Gasteiger partial charge is 0.462 e. The van der Waals surface area contributed by atoms with Gasteiger partial charge in [0.25, 0.3) is 0 Å². The number of carbonyl (C=O) groups is 1. The zero-order valence-corrected chi connectivity index (χ0v) is 9.36. The van der Waals surface area contributed by atoms with Gasteiger partial charge in [0, 0.05) is 5.39 Å². The van der Waals surface area contributed by atoms with E-state index in [0.717, 1.165) is 0 Å². The fourth-order valence-corrected chi connectivity index (χ4v) is 1.65. The number of nitrogens with zero attached hydrogens (tertiary/aromatic N) is 2. The van der Waals surface area contributed by atoms with E-state index in [-0.39, 0.29) is 10.7 Å². The average molecular weight is 237 g/mol. The molecule has 1 aromatic carbocycles. The second kappa shape index (κ2) is 4.45. The maximum absolute atomic E-state index is 11.7. The molecule has 0 unspecified atom stereocenters. The first-order valence-corrected chi connectivity index (χ1v) is 5.20. The molecule has 0 N–H and O–H groups in total. The van der Waals surface area contributed by atoms with Crippen LogP contribution in [-0.2, 0) is 4.74 Å². The quantitative estimate of drug-likeness (QED) is 0.752. The van der Waals surface area contributed by atoms with Gasteiger partial charge in [-0.05, 0) is 13.0 Å². The SMILES string of the molecule is CCOC(=O)c1c(Cl)nnc2ccccc12. The Kier molecular flexibility index (Phi) is 3.01. The first-order chi connectivity index (χ1) is 7.74. The smallest absolute Gasteiger partial charge is 0.342 e. The minimum atomic E-state index is -0.474. The second-order valence-corrected chi connectivity index (χ2v) is 3.46. The molecule has 0 aliphatic heterocycles. The monoisotopic (exact) mass is 236 g/mol. The summed E-state index contributed by atoms with van der Waals surface area (Å²) in [6.45, 7) is 2.04. The summed E-state index contributed by atoms with van der Waals surface area (Å²) in [4.78, 5) is 11.7. The van der Waals surface area contributed by atoms with Gasteiger partial charge in [0.2, 0.25) is 0 Å². The molecular formula is C11H9ClN2O2. The summed E-state index contributed by atoms with van der Waals surface area (Å²) in [5.74, 6) is -0.474. The molecule has 2 rings (SSSR count). The van der Waals surface area contributed by atoms with Gasteiger partial charge >= 0.3 is 5.97 Å². The summed E-state index contributed by atoms with van der Waals surface area (Å²) in [5, 5.41) is 8.34. The molecule has 16 heavy (non-hydrogen) atoms. The van der Waals surface area contributed by atoms with E-state index in [2.05, 4.69) is 10.2 Å². The highest BCUT2D eigenvalue weighted by atomic mass is 35.5. The van der Waals surface area contributed by atoms with E-state index < -0.39 is 5.97 Å². The predicted octanol–water partition coefficient (Wildman–Crippen LogP) is 2.46. The molecule has 0 atom stereocenters. The minimum Gasteiger partial charge on any atom is -0.462 e. The van der Waals surface area contributed by atoms with Crippen LogP contribution in [0.4, 0.5) is 0 Å². The number of carbonyl (C=O) groups excluding carboxylic acids is 1. The lowest BCUT2D eigenvalue weighted by Crippen LogP contribution is -2.08. The number of rotatable bonds is 2. The van der Waals surface area contributed by atoms with Crippen LogP contribution < -0.4 is 0 Å². The topological polar surface area (TPSA) is 52.1 Å². The van der Waals surface area contributed by atoms with Crippen molar-refractivity contribution in [1.29, 1.82) is 0 Å². The second-order valence-electron chi connectivity index (χ2n) is 3.10. The van der Waals surface area contributed by atoms with Crippen molar-refractivity contribution in [1.82, 2.24) is 10.2 Å². The van der Waals surface area contributed by atoms with Crippen LogP contribution in [-0.4, -0.2) is 22.8 Å². The molecule has 0 aliphatic carbocycles. The summed E-state index contributed by atoms with van der Waals surface area (Å²) in [6.07, 6.45) is 0. The van der Waals surface area contributed by atoms with Crippen molar-refractivity contribution < 1.29 is 9.53 Å². The molecule has 0 saturated heterocycles. The van der Waals surface area contributed by atoms with Crippen LogP contribution in [0.1, 0.15) is 17.3 Å². The normalized spacial score (nSPS) is 10.4. The zero-order valence-electron chi connectivity index (χ0n) is 8.61. The predicted molar refractivity (Wildman–Crippen MR) is 60.5 cm³/mol. The molecule has 0 fully saturated rings. The molecule has 0 saturated carbocycles. The maximum atomic E-state index is 11.7. The molecule has 1 heterocycles. The van der Waals surface area contributed by atoms with E-state index in [9.17, 15) is 4.79 Å². The van der Waals surface area contributed by atoms with Crippen LogP contribution in [0.15, 0.2) is 24.3 Å². The van der Waals surface area contributed by atoms with Crippen LogP contribution >= 0.6 is 11.6 Å². The van der Waals surface area contributed by atoms with Gasteiger partial charge in [-0.15, -0.1) is 10.2 Å². The lowest BCUT2D eigenvalue weighted by molar-refractivity contribution is 0.0528. The molecular weight excluding hydrogens is 228 g/mol. The lowest BCUT2D eigenvalue weighted by Gasteiger charge is -2.05. The molecule has 2 aromatic rings. The van der Waals surface area contributed by atoms with Crippen molar-refractivity contribution in [2.45, 2.75) is 6.92 Å². The van der Waals surface area contributed by atoms with E-state index in [0.29, 0.717) is 17.5 Å². The van der Waals surface area contributed by atoms with E-state index in [1.165, 1.54) is 0 Å². The number of ether oxygens (including phenoxy) is 1. The van der Waals surface area contributed by atoms with Crippen LogP contribution in [0.25, 0.3) is 10.9 Å². The summed E-state index contributed by atoms with van der Waals surface area (Å²) >= 11 is 5.86. The first kappa shape index (κ1) is 10.8. The number of halogens is 1. The number of hydrogen-bond donors (Lipinski definition) is 0. The fourth-order valence-electron chi connectivity index (χ4n) is 1.43. The van der Waals surface area contributed by atoms with Crippen LogP contribution in [0.3, 0.4) is 0 Å². The van der Waals surface area contributed by atoms with Gasteiger partial charge in [-0.3, -0.25) is 0 Å². The third-order valence-electron chi connectivity index (χ3n) is 2.10. The molecule has 0 amide bonds. The Bertz CT molecular complexity index is 542. The lowest BCUT2D eigenvalue weighted by atomic mass is 10.1. The van der Waals surface area contributed by atoms with Gasteiger partial charge in [-0.2, -0.15) is 0 Å². The first-order valence-electron chi connectivity index (χ1n) is 4.82. The Hall–Kier alpha value is -1.68. The average Bonchev–Trinajstić information content (AvgIpc) is 2.29. The van der Waals surface area contributed by atoms with Gasteiger partial charge in [-0.25, -0.2) is 4.79 Å². The Balaban J connectivity index is 2.66. The fraction of sp³-hybridized carbons (Fsp3) is 0.182. The number of hydrogen-bond acceptors (Lipinski definition) is 4. The molecule has 1 aromatic heterocycles. The minimum absolute atomic E-state index is 0.0668. The third-order valence-corrected chi connectivity index (χ3v) is 2.37. The van der Waals surface area contributed by atoms with Crippen molar-refractivity contribution in [2.24, 2.45) is 0 Å². The molecule has 0 spiro atoms. The Labute approximate surface area is 97.2 Å². The van der Waals surface area contributed by atoms with Crippen molar-refractivity contribution in [2.75, 3.05) is 6.61 Å². The van der Waals surface area contributed by atoms with Gasteiger partial charge in [0.1, 0.15) is 5.56 Å². The Morgan fingerprint density at radius 2 is 2.12 bits per heavy atom. The molecule has 0 bridgehead atoms. The van der Waals surface area contributed by atoms with E-state index >= 15 is 0 Å². The summed E-state index contributed by atoms with van der Waals surface area (Å²) in [6, 6.07) is 7.16. The maximum Gasteiger partial charge on any atom is 0.342 e. The molecule has 82 valence electrons. The standard InChI is InChI=1S/C11H9ClN2O2/c1-2-16-11(15)9-7-5-3-4-6-8(7)13-14-10(9)12/h3-6H,2H2,1H3. The number of fused-ring (bicyclic) bond motifs is 1. The molecule has 0 aliphatic rings. The van der Waals surface area contributed by atoms with Crippen LogP contribution in [0.5, 0.6) is 0 Å². The number of benzene rings is 1. The van der Waals surface area contributed by atoms with E-state index in [1.807, 2.05) is 12.1 Å². The van der Waals surface area contributed by atoms with Crippen molar-refractivity contribution in [3.63, 3.8) is 0 Å². The van der Waals surface area contributed by atoms with Crippen molar-refractivity contribution >= 4 is 28.5 Å². The highest BCUT2D eigenvalue weighted by Gasteiger charge is 2.17. The molecule has 4 nitrogen and oxygen atoms in total. The van der Waals surface area contributed by atoms with Crippen LogP contribution in [0.2, 0.25) is 5.15 Å². The molecule has 5 heteroatoms. The van der Waals surface area contributed by atoms with Gasteiger partial charge in [0.15, 0.2) is 5.15 Å². The van der Waals surface area contributed by atoms with Crippen molar-refractivity contribution in [3.05, 3.63) is 35.0 Å². The van der Waals surface area contributed by atoms with Gasteiger partial charge < -0.3 is 4.74 Å². The highest BCUT2D eigenvalue weighted by molar-refractivity contribution is 6.33. The zero-order chi connectivity index (χ0) is 11.5. The van der Waals surface area contributed by atoms with Crippen LogP contribution in [0, 0.1) is 0 Å². The summed E-state index contributed by atoms with van der Waals surface area (Å²) in [7, 11) is 0. The van der Waals surface area contributed by atoms with E-state index in [4.69, 9.17) is 16.3 Å². The van der Waals surface area contributed by atoms with Gasteiger partial charge in [0.05, 0.1) is 12.1 Å². The summed E-state index contributed by atoms with van der Waals surface area (Å²) < 4.78 is 4.93. The van der Waals surface area contributed by atoms with Crippen molar-refractivity contribution in [3.8, 4) is 0 Å². The number of esters is 1. The molecule has 0 radical (unpaired) electrons. The highest BCUT2D eigenvalue weighted by Crippen LogP contribution is 2.22. The number of aromatic nitrogens is 2. The summed E-state index contributed by atoms with van der Waals surface area (Å²) in [5.41, 5.74) is 0.893. The van der Waals surface area contributed by atoms with E-state index in [1.54, 1.807) is 19.1 Å². The Morgan fingerprint density at radius 1 is 1.38 bits per heavy atom. The Morgan fingerprint density at radius 3 is 2.88 bits per heavy atom. The van der Waals surface area contributed by atoms with Gasteiger partial charge in [-0.1, -0.05) is 29.8 Å².